The van der Waals surface area contributed by atoms with Crippen LogP contribution in [-0.2, 0) is 0 Å². The first-order valence-corrected chi connectivity index (χ1v) is 4.70. The highest BCUT2D eigenvalue weighted by Gasteiger charge is 2.18. The Bertz CT molecular complexity index is 338. The molecule has 2 heterocycles. The van der Waals surface area contributed by atoms with E-state index in [1.165, 1.54) is 12.5 Å². The minimum Gasteiger partial charge on any atom is -0.467 e. The summed E-state index contributed by atoms with van der Waals surface area (Å²) in [6, 6.07) is 6.72. The number of aliphatic hydroxyl groups is 2. The summed E-state index contributed by atoms with van der Waals surface area (Å²) < 4.78 is 10.0. The Labute approximate surface area is 86.8 Å². The average molecular weight is 208 g/mol. The standard InChI is InChI=1S/C11H12O4/c12-8(10-3-1-5-14-10)7-9(13)11-4-2-6-15-11/h1-6,8-9,12-13H,7H2/t8-,9-/m1/s1. The van der Waals surface area contributed by atoms with Crippen LogP contribution in [0, 0.1) is 0 Å². The average Bonchev–Trinajstić information content (AvgIpc) is 2.91. The minimum absolute atomic E-state index is 0.154. The fourth-order valence-corrected chi connectivity index (χ4v) is 1.41. The normalized spacial score (nSPS) is 15.1. The van der Waals surface area contributed by atoms with Gasteiger partial charge in [0, 0.05) is 6.42 Å². The molecule has 0 aliphatic carbocycles. The second-order valence-corrected chi connectivity index (χ2v) is 3.30. The Morgan fingerprint density at radius 3 is 1.73 bits per heavy atom. The number of aliphatic hydroxyl groups excluding tert-OH is 2. The van der Waals surface area contributed by atoms with E-state index in [2.05, 4.69) is 0 Å². The van der Waals surface area contributed by atoms with Crippen molar-refractivity contribution < 1.29 is 19.0 Å². The largest absolute Gasteiger partial charge is 0.467 e. The van der Waals surface area contributed by atoms with E-state index < -0.39 is 12.2 Å². The van der Waals surface area contributed by atoms with Crippen molar-refractivity contribution in [3.05, 3.63) is 48.3 Å². The van der Waals surface area contributed by atoms with Crippen molar-refractivity contribution in [2.45, 2.75) is 18.6 Å². The van der Waals surface area contributed by atoms with Crippen LogP contribution in [0.15, 0.2) is 45.6 Å². The lowest BCUT2D eigenvalue weighted by molar-refractivity contribution is 0.0558. The quantitative estimate of drug-likeness (QED) is 0.806. The van der Waals surface area contributed by atoms with E-state index in [1.54, 1.807) is 24.3 Å². The first-order chi connectivity index (χ1) is 7.27. The predicted octanol–water partition coefficient (Wildman–Crippen LogP) is 2.03. The number of hydrogen-bond acceptors (Lipinski definition) is 4. The number of furan rings is 2. The third-order valence-corrected chi connectivity index (χ3v) is 2.19. The first-order valence-electron chi connectivity index (χ1n) is 4.70. The van der Waals surface area contributed by atoms with Gasteiger partial charge in [-0.3, -0.25) is 0 Å². The summed E-state index contributed by atoms with van der Waals surface area (Å²) in [6.07, 6.45) is 1.48. The Morgan fingerprint density at radius 1 is 0.933 bits per heavy atom. The molecular weight excluding hydrogens is 196 g/mol. The summed E-state index contributed by atoms with van der Waals surface area (Å²) in [7, 11) is 0. The third-order valence-electron chi connectivity index (χ3n) is 2.19. The molecule has 0 aromatic carbocycles. The SMILES string of the molecule is O[C@H](C[C@@H](O)c1ccco1)c1ccco1. The smallest absolute Gasteiger partial charge is 0.132 e. The van der Waals surface area contributed by atoms with E-state index in [0.717, 1.165) is 0 Å². The summed E-state index contributed by atoms with van der Waals surface area (Å²) in [5.41, 5.74) is 0. The molecule has 0 fully saturated rings. The molecule has 2 rings (SSSR count). The van der Waals surface area contributed by atoms with E-state index >= 15 is 0 Å². The van der Waals surface area contributed by atoms with Crippen LogP contribution in [0.1, 0.15) is 30.1 Å². The summed E-state index contributed by atoms with van der Waals surface area (Å²) in [4.78, 5) is 0. The lowest BCUT2D eigenvalue weighted by Gasteiger charge is -2.11. The molecule has 2 aromatic heterocycles. The molecule has 0 saturated heterocycles. The van der Waals surface area contributed by atoms with Crippen LogP contribution < -0.4 is 0 Å². The van der Waals surface area contributed by atoms with Crippen molar-refractivity contribution in [1.82, 2.24) is 0 Å². The molecule has 2 atom stereocenters. The van der Waals surface area contributed by atoms with Crippen molar-refractivity contribution in [2.24, 2.45) is 0 Å². The van der Waals surface area contributed by atoms with Gasteiger partial charge in [0.05, 0.1) is 12.5 Å². The second kappa shape index (κ2) is 4.33. The molecule has 0 saturated carbocycles. The van der Waals surface area contributed by atoms with Crippen molar-refractivity contribution in [2.75, 3.05) is 0 Å². The first kappa shape index (κ1) is 10.0. The summed E-state index contributed by atoms with van der Waals surface area (Å²) in [5.74, 6) is 0.890. The zero-order valence-corrected chi connectivity index (χ0v) is 8.04. The zero-order valence-electron chi connectivity index (χ0n) is 8.04. The van der Waals surface area contributed by atoms with Crippen LogP contribution in [-0.4, -0.2) is 10.2 Å². The molecule has 0 amide bonds. The highest BCUT2D eigenvalue weighted by atomic mass is 16.4. The molecule has 0 aliphatic rings. The third kappa shape index (κ3) is 2.29. The summed E-state index contributed by atoms with van der Waals surface area (Å²) >= 11 is 0. The van der Waals surface area contributed by atoms with Crippen LogP contribution in [0.2, 0.25) is 0 Å². The highest BCUT2D eigenvalue weighted by Crippen LogP contribution is 2.26. The van der Waals surface area contributed by atoms with Gasteiger partial charge in [0.1, 0.15) is 23.7 Å². The maximum Gasteiger partial charge on any atom is 0.132 e. The van der Waals surface area contributed by atoms with Gasteiger partial charge in [-0.1, -0.05) is 0 Å². The monoisotopic (exact) mass is 208 g/mol. The lowest BCUT2D eigenvalue weighted by Crippen LogP contribution is -2.04. The molecule has 0 unspecified atom stereocenters. The van der Waals surface area contributed by atoms with Crippen molar-refractivity contribution in [3.8, 4) is 0 Å². The van der Waals surface area contributed by atoms with E-state index in [-0.39, 0.29) is 6.42 Å². The van der Waals surface area contributed by atoms with Gasteiger partial charge in [-0.15, -0.1) is 0 Å². The molecule has 4 nitrogen and oxygen atoms in total. The molecule has 0 radical (unpaired) electrons. The Hall–Kier alpha value is -1.52. The van der Waals surface area contributed by atoms with E-state index in [9.17, 15) is 10.2 Å². The second-order valence-electron chi connectivity index (χ2n) is 3.30. The van der Waals surface area contributed by atoms with Gasteiger partial charge in [-0.2, -0.15) is 0 Å². The molecule has 0 aliphatic heterocycles. The lowest BCUT2D eigenvalue weighted by atomic mass is 10.1. The van der Waals surface area contributed by atoms with Gasteiger partial charge >= 0.3 is 0 Å². The molecule has 80 valence electrons. The predicted molar refractivity (Wildman–Crippen MR) is 52.0 cm³/mol. The summed E-state index contributed by atoms with van der Waals surface area (Å²) in [6.45, 7) is 0. The van der Waals surface area contributed by atoms with Gasteiger partial charge in [0.15, 0.2) is 0 Å². The van der Waals surface area contributed by atoms with Crippen LogP contribution in [0.25, 0.3) is 0 Å². The molecule has 2 aromatic rings. The van der Waals surface area contributed by atoms with Gasteiger partial charge in [0.2, 0.25) is 0 Å². The molecule has 0 bridgehead atoms. The fraction of sp³-hybridized carbons (Fsp3) is 0.273. The molecule has 4 heteroatoms. The Kier molecular flexibility index (Phi) is 2.89. The van der Waals surface area contributed by atoms with Crippen LogP contribution in [0.4, 0.5) is 0 Å². The van der Waals surface area contributed by atoms with Gasteiger partial charge in [-0.05, 0) is 24.3 Å². The Morgan fingerprint density at radius 2 is 1.40 bits per heavy atom. The van der Waals surface area contributed by atoms with Gasteiger partial charge in [0.25, 0.3) is 0 Å². The van der Waals surface area contributed by atoms with E-state index in [4.69, 9.17) is 8.83 Å². The van der Waals surface area contributed by atoms with Crippen molar-refractivity contribution in [1.29, 1.82) is 0 Å². The number of rotatable bonds is 4. The van der Waals surface area contributed by atoms with Crippen molar-refractivity contribution >= 4 is 0 Å². The fourth-order valence-electron chi connectivity index (χ4n) is 1.41. The van der Waals surface area contributed by atoms with Crippen LogP contribution >= 0.6 is 0 Å². The van der Waals surface area contributed by atoms with E-state index in [1.807, 2.05) is 0 Å². The topological polar surface area (TPSA) is 66.7 Å². The molecule has 0 spiro atoms. The summed E-state index contributed by atoms with van der Waals surface area (Å²) in [5, 5.41) is 19.4. The highest BCUT2D eigenvalue weighted by molar-refractivity contribution is 5.06. The Balaban J connectivity index is 1.98. The van der Waals surface area contributed by atoms with E-state index in [0.29, 0.717) is 11.5 Å². The maximum absolute atomic E-state index is 9.68. The molecular formula is C11H12O4. The zero-order chi connectivity index (χ0) is 10.7. The maximum atomic E-state index is 9.68. The van der Waals surface area contributed by atoms with Crippen LogP contribution in [0.5, 0.6) is 0 Å². The minimum atomic E-state index is -0.819. The van der Waals surface area contributed by atoms with Crippen LogP contribution in [0.3, 0.4) is 0 Å². The van der Waals surface area contributed by atoms with Gasteiger partial charge in [-0.25, -0.2) is 0 Å². The van der Waals surface area contributed by atoms with Crippen molar-refractivity contribution in [3.63, 3.8) is 0 Å². The number of hydrogen-bond donors (Lipinski definition) is 2. The molecule has 2 N–H and O–H groups in total. The van der Waals surface area contributed by atoms with Gasteiger partial charge < -0.3 is 19.0 Å². The molecule has 15 heavy (non-hydrogen) atoms.